The molecule has 2 aliphatic rings. The number of benzene rings is 1. The van der Waals surface area contributed by atoms with Crippen molar-refractivity contribution in [2.45, 2.75) is 64.1 Å². The lowest BCUT2D eigenvalue weighted by Crippen LogP contribution is -2.52. The highest BCUT2D eigenvalue weighted by atomic mass is 19.1. The number of likely N-dealkylation sites (tertiary alicyclic amines) is 1. The van der Waals surface area contributed by atoms with Gasteiger partial charge in [-0.25, -0.2) is 9.18 Å². The quantitative estimate of drug-likeness (QED) is 0.717. The smallest absolute Gasteiger partial charge is 0.407 e. The molecule has 174 valence electrons. The average Bonchev–Trinajstić information content (AvgIpc) is 3.17. The standard InChI is InChI=1S/C22H30FN5O4/c1-22(2,3)32-21(31)25-13-16-6-4-5-11-27(16)20(30)17-12-18(19(24)29)28(26-17)15-9-7-14(23)8-10-15/h7-10,16,18H,4-6,11-13H2,1-3H3,(H2,24,29)(H,25,31). The number of nitrogens with two attached hydrogens (primary N) is 1. The van der Waals surface area contributed by atoms with Crippen molar-refractivity contribution in [2.75, 3.05) is 18.1 Å². The molecule has 3 N–H and O–H groups in total. The van der Waals surface area contributed by atoms with E-state index < -0.39 is 29.5 Å². The number of hydrogen-bond donors (Lipinski definition) is 2. The van der Waals surface area contributed by atoms with E-state index in [-0.39, 0.29) is 30.6 Å². The normalized spacial score (nSPS) is 21.2. The van der Waals surface area contributed by atoms with Crippen LogP contribution in [-0.4, -0.2) is 59.3 Å². The Kier molecular flexibility index (Phi) is 7.00. The van der Waals surface area contributed by atoms with Gasteiger partial charge in [-0.2, -0.15) is 5.10 Å². The molecule has 0 bridgehead atoms. The summed E-state index contributed by atoms with van der Waals surface area (Å²) in [6.45, 7) is 6.13. The maximum absolute atomic E-state index is 13.3. The van der Waals surface area contributed by atoms with Crippen LogP contribution in [0.25, 0.3) is 0 Å². The fourth-order valence-corrected chi connectivity index (χ4v) is 3.85. The molecule has 0 spiro atoms. The van der Waals surface area contributed by atoms with Gasteiger partial charge < -0.3 is 20.7 Å². The first-order valence-electron chi connectivity index (χ1n) is 10.7. The maximum atomic E-state index is 13.3. The number of nitrogens with one attached hydrogen (secondary N) is 1. The van der Waals surface area contributed by atoms with E-state index in [4.69, 9.17) is 10.5 Å². The van der Waals surface area contributed by atoms with Gasteiger partial charge in [0.1, 0.15) is 23.2 Å². The zero-order chi connectivity index (χ0) is 23.5. The number of ether oxygens (including phenoxy) is 1. The number of anilines is 1. The van der Waals surface area contributed by atoms with E-state index in [0.29, 0.717) is 12.2 Å². The summed E-state index contributed by atoms with van der Waals surface area (Å²) in [7, 11) is 0. The maximum Gasteiger partial charge on any atom is 0.407 e. The van der Waals surface area contributed by atoms with Crippen molar-refractivity contribution in [2.24, 2.45) is 10.8 Å². The molecular formula is C22H30FN5O4. The van der Waals surface area contributed by atoms with Crippen LogP contribution in [0.1, 0.15) is 46.5 Å². The monoisotopic (exact) mass is 447 g/mol. The third-order valence-electron chi connectivity index (χ3n) is 5.35. The molecule has 9 nitrogen and oxygen atoms in total. The van der Waals surface area contributed by atoms with Gasteiger partial charge in [-0.1, -0.05) is 0 Å². The highest BCUT2D eigenvalue weighted by Crippen LogP contribution is 2.27. The van der Waals surface area contributed by atoms with Crippen LogP contribution in [0, 0.1) is 5.82 Å². The summed E-state index contributed by atoms with van der Waals surface area (Å²) in [6.07, 6.45) is 2.03. The predicted molar refractivity (Wildman–Crippen MR) is 118 cm³/mol. The molecule has 1 saturated heterocycles. The number of alkyl carbamates (subject to hydrolysis) is 1. The minimum Gasteiger partial charge on any atom is -0.444 e. The topological polar surface area (TPSA) is 117 Å². The van der Waals surface area contributed by atoms with E-state index in [9.17, 15) is 18.8 Å². The number of piperidine rings is 1. The number of rotatable bonds is 5. The van der Waals surface area contributed by atoms with Crippen LogP contribution in [0.3, 0.4) is 0 Å². The third kappa shape index (κ3) is 5.74. The molecule has 2 atom stereocenters. The molecular weight excluding hydrogens is 417 g/mol. The van der Waals surface area contributed by atoms with Gasteiger partial charge >= 0.3 is 6.09 Å². The van der Waals surface area contributed by atoms with E-state index in [0.717, 1.165) is 19.3 Å². The summed E-state index contributed by atoms with van der Waals surface area (Å²) in [5, 5.41) is 8.47. The van der Waals surface area contributed by atoms with Crippen molar-refractivity contribution in [1.29, 1.82) is 0 Å². The predicted octanol–water partition coefficient (Wildman–Crippen LogP) is 2.15. The first kappa shape index (κ1) is 23.5. The summed E-state index contributed by atoms with van der Waals surface area (Å²) >= 11 is 0. The fourth-order valence-electron chi connectivity index (χ4n) is 3.85. The Morgan fingerprint density at radius 3 is 2.53 bits per heavy atom. The molecule has 0 aliphatic carbocycles. The Labute approximate surface area is 186 Å². The third-order valence-corrected chi connectivity index (χ3v) is 5.35. The molecule has 1 aromatic carbocycles. The average molecular weight is 448 g/mol. The van der Waals surface area contributed by atoms with Crippen LogP contribution in [0.2, 0.25) is 0 Å². The number of primary amides is 1. The van der Waals surface area contributed by atoms with Crippen molar-refractivity contribution >= 4 is 29.3 Å². The van der Waals surface area contributed by atoms with Gasteiger partial charge in [-0.15, -0.1) is 0 Å². The van der Waals surface area contributed by atoms with Crippen molar-refractivity contribution < 1.29 is 23.5 Å². The summed E-state index contributed by atoms with van der Waals surface area (Å²) in [5.74, 6) is -1.34. The molecule has 2 heterocycles. The number of amides is 3. The highest BCUT2D eigenvalue weighted by molar-refractivity contribution is 6.40. The van der Waals surface area contributed by atoms with Crippen LogP contribution >= 0.6 is 0 Å². The zero-order valence-corrected chi connectivity index (χ0v) is 18.6. The van der Waals surface area contributed by atoms with Gasteiger partial charge in [0.15, 0.2) is 0 Å². The first-order chi connectivity index (χ1) is 15.0. The minimum absolute atomic E-state index is 0.0637. The second kappa shape index (κ2) is 9.54. The van der Waals surface area contributed by atoms with E-state index in [1.807, 2.05) is 0 Å². The number of carbonyl (C=O) groups excluding carboxylic acids is 3. The molecule has 1 aromatic rings. The van der Waals surface area contributed by atoms with Crippen molar-refractivity contribution in [3.05, 3.63) is 30.1 Å². The molecule has 0 radical (unpaired) electrons. The molecule has 0 aromatic heterocycles. The van der Waals surface area contributed by atoms with Crippen LogP contribution in [-0.2, 0) is 14.3 Å². The molecule has 10 heteroatoms. The van der Waals surface area contributed by atoms with Gasteiger partial charge in [0.05, 0.1) is 5.69 Å². The molecule has 0 saturated carbocycles. The largest absolute Gasteiger partial charge is 0.444 e. The van der Waals surface area contributed by atoms with E-state index in [1.165, 1.54) is 29.3 Å². The lowest BCUT2D eigenvalue weighted by atomic mass is 10.00. The van der Waals surface area contributed by atoms with Crippen LogP contribution < -0.4 is 16.1 Å². The highest BCUT2D eigenvalue weighted by Gasteiger charge is 2.38. The van der Waals surface area contributed by atoms with Crippen LogP contribution in [0.15, 0.2) is 29.4 Å². The minimum atomic E-state index is -0.831. The Morgan fingerprint density at radius 2 is 1.91 bits per heavy atom. The lowest BCUT2D eigenvalue weighted by Gasteiger charge is -2.36. The van der Waals surface area contributed by atoms with Crippen molar-refractivity contribution in [3.63, 3.8) is 0 Å². The van der Waals surface area contributed by atoms with Crippen molar-refractivity contribution in [1.82, 2.24) is 10.2 Å². The summed E-state index contributed by atoms with van der Waals surface area (Å²) in [4.78, 5) is 39.0. The van der Waals surface area contributed by atoms with Gasteiger partial charge in [0, 0.05) is 25.6 Å². The number of hydrogen-bond acceptors (Lipinski definition) is 6. The van der Waals surface area contributed by atoms with Gasteiger partial charge in [0.25, 0.3) is 5.91 Å². The number of carbonyl (C=O) groups is 3. The second-order valence-corrected chi connectivity index (χ2v) is 9.02. The number of nitrogens with zero attached hydrogens (tertiary/aromatic N) is 3. The Balaban J connectivity index is 1.73. The Hall–Kier alpha value is -3.17. The molecule has 3 rings (SSSR count). The molecule has 1 fully saturated rings. The van der Waals surface area contributed by atoms with Crippen molar-refractivity contribution in [3.8, 4) is 0 Å². The number of halogens is 1. The van der Waals surface area contributed by atoms with E-state index in [1.54, 1.807) is 25.7 Å². The van der Waals surface area contributed by atoms with Crippen LogP contribution in [0.5, 0.6) is 0 Å². The second-order valence-electron chi connectivity index (χ2n) is 9.02. The molecule has 32 heavy (non-hydrogen) atoms. The van der Waals surface area contributed by atoms with E-state index >= 15 is 0 Å². The molecule has 2 unspecified atom stereocenters. The summed E-state index contributed by atoms with van der Waals surface area (Å²) in [6, 6.07) is 4.44. The SMILES string of the molecule is CC(C)(C)OC(=O)NCC1CCCCN1C(=O)C1=NN(c2ccc(F)cc2)C(C(N)=O)C1. The van der Waals surface area contributed by atoms with Crippen LogP contribution in [0.4, 0.5) is 14.9 Å². The molecule has 3 amide bonds. The summed E-state index contributed by atoms with van der Waals surface area (Å²) in [5.41, 5.74) is 5.61. The van der Waals surface area contributed by atoms with E-state index in [2.05, 4.69) is 10.4 Å². The Bertz CT molecular complexity index is 897. The summed E-state index contributed by atoms with van der Waals surface area (Å²) < 4.78 is 18.6. The van der Waals surface area contributed by atoms with Gasteiger partial charge in [-0.05, 0) is 64.3 Å². The van der Waals surface area contributed by atoms with Gasteiger partial charge in [0.2, 0.25) is 5.91 Å². The Morgan fingerprint density at radius 1 is 1.22 bits per heavy atom. The number of hydrazone groups is 1. The zero-order valence-electron chi connectivity index (χ0n) is 18.6. The lowest BCUT2D eigenvalue weighted by molar-refractivity contribution is -0.127. The first-order valence-corrected chi connectivity index (χ1v) is 10.7. The fraction of sp³-hybridized carbons (Fsp3) is 0.545. The molecule has 2 aliphatic heterocycles. The van der Waals surface area contributed by atoms with Gasteiger partial charge in [-0.3, -0.25) is 14.6 Å².